The molecule has 2 nitrogen and oxygen atoms in total. The van der Waals surface area contributed by atoms with Gasteiger partial charge in [0.15, 0.2) is 0 Å². The average molecular weight is 260 g/mol. The van der Waals surface area contributed by atoms with E-state index >= 15 is 0 Å². The van der Waals surface area contributed by atoms with Crippen molar-refractivity contribution in [3.05, 3.63) is 0 Å². The zero-order chi connectivity index (χ0) is 13.1. The molecule has 0 aliphatic heterocycles. The third-order valence-corrected chi connectivity index (χ3v) is 2.79. The summed E-state index contributed by atoms with van der Waals surface area (Å²) in [6, 6.07) is 0. The quantitative estimate of drug-likeness (QED) is 0.575. The van der Waals surface area contributed by atoms with Gasteiger partial charge in [-0.05, 0) is 18.8 Å². The van der Waals surface area contributed by atoms with Gasteiger partial charge < -0.3 is 4.74 Å². The number of carbonyl (C=O) groups excluding carboxylic acids is 1. The molecule has 100 valence electrons. The van der Waals surface area contributed by atoms with E-state index in [2.05, 4.69) is 4.74 Å². The SMILES string of the molecule is O=C(OCC1CCCCC1)C(F)(F)C(F)(F)F. The van der Waals surface area contributed by atoms with Gasteiger partial charge in [0.2, 0.25) is 0 Å². The van der Waals surface area contributed by atoms with Gasteiger partial charge in [0.05, 0.1) is 6.61 Å². The lowest BCUT2D eigenvalue weighted by molar-refractivity contribution is -0.280. The van der Waals surface area contributed by atoms with E-state index in [-0.39, 0.29) is 12.5 Å². The van der Waals surface area contributed by atoms with Gasteiger partial charge in [0.1, 0.15) is 0 Å². The maximum absolute atomic E-state index is 12.5. The Morgan fingerprint density at radius 2 is 1.59 bits per heavy atom. The third-order valence-electron chi connectivity index (χ3n) is 2.79. The lowest BCUT2D eigenvalue weighted by atomic mass is 9.90. The fourth-order valence-corrected chi connectivity index (χ4v) is 1.75. The summed E-state index contributed by atoms with van der Waals surface area (Å²) in [5, 5.41) is 0. The smallest absolute Gasteiger partial charge is 0.461 e. The van der Waals surface area contributed by atoms with Crippen LogP contribution in [0, 0.1) is 5.92 Å². The summed E-state index contributed by atoms with van der Waals surface area (Å²) < 4.78 is 64.4. The van der Waals surface area contributed by atoms with Gasteiger partial charge >= 0.3 is 18.1 Å². The Labute approximate surface area is 95.1 Å². The summed E-state index contributed by atoms with van der Waals surface area (Å²) in [4.78, 5) is 10.7. The van der Waals surface area contributed by atoms with Gasteiger partial charge in [0, 0.05) is 0 Å². The second-order valence-electron chi connectivity index (χ2n) is 4.17. The highest BCUT2D eigenvalue weighted by molar-refractivity contribution is 5.78. The van der Waals surface area contributed by atoms with Crippen LogP contribution in [-0.4, -0.2) is 24.7 Å². The van der Waals surface area contributed by atoms with Crippen molar-refractivity contribution in [2.24, 2.45) is 5.92 Å². The monoisotopic (exact) mass is 260 g/mol. The molecule has 1 fully saturated rings. The Bertz CT molecular complexity index is 268. The lowest BCUT2D eigenvalue weighted by Crippen LogP contribution is -2.45. The Balaban J connectivity index is 2.43. The molecule has 0 atom stereocenters. The number of carbonyl (C=O) groups is 1. The molecular weight excluding hydrogens is 247 g/mol. The predicted octanol–water partition coefficient (Wildman–Crippen LogP) is 3.31. The van der Waals surface area contributed by atoms with E-state index in [4.69, 9.17) is 0 Å². The molecule has 0 heterocycles. The van der Waals surface area contributed by atoms with Crippen molar-refractivity contribution in [2.75, 3.05) is 6.61 Å². The zero-order valence-electron chi connectivity index (χ0n) is 9.03. The minimum atomic E-state index is -5.89. The van der Waals surface area contributed by atoms with Crippen LogP contribution in [-0.2, 0) is 9.53 Å². The molecular formula is C10H13F5O2. The van der Waals surface area contributed by atoms with E-state index in [0.29, 0.717) is 12.8 Å². The van der Waals surface area contributed by atoms with Gasteiger partial charge in [-0.2, -0.15) is 22.0 Å². The topological polar surface area (TPSA) is 26.3 Å². The van der Waals surface area contributed by atoms with Crippen LogP contribution in [0.1, 0.15) is 32.1 Å². The highest BCUT2D eigenvalue weighted by Crippen LogP contribution is 2.36. The molecule has 1 aliphatic carbocycles. The fraction of sp³-hybridized carbons (Fsp3) is 0.900. The fourth-order valence-electron chi connectivity index (χ4n) is 1.75. The summed E-state index contributed by atoms with van der Waals surface area (Å²) >= 11 is 0. The summed E-state index contributed by atoms with van der Waals surface area (Å²) in [5.74, 6) is -8.02. The van der Waals surface area contributed by atoms with Crippen molar-refractivity contribution in [1.82, 2.24) is 0 Å². The van der Waals surface area contributed by atoms with E-state index in [1.54, 1.807) is 0 Å². The minimum Gasteiger partial charge on any atom is -0.461 e. The molecule has 0 bridgehead atoms. The highest BCUT2D eigenvalue weighted by atomic mass is 19.4. The van der Waals surface area contributed by atoms with Crippen molar-refractivity contribution in [3.63, 3.8) is 0 Å². The number of ether oxygens (including phenoxy) is 1. The molecule has 0 radical (unpaired) electrons. The van der Waals surface area contributed by atoms with E-state index in [1.807, 2.05) is 0 Å². The van der Waals surface area contributed by atoms with Gasteiger partial charge in [-0.15, -0.1) is 0 Å². The van der Waals surface area contributed by atoms with Crippen LogP contribution in [0.4, 0.5) is 22.0 Å². The first-order valence-corrected chi connectivity index (χ1v) is 5.37. The van der Waals surface area contributed by atoms with Gasteiger partial charge in [-0.1, -0.05) is 19.3 Å². The predicted molar refractivity (Wildman–Crippen MR) is 48.5 cm³/mol. The number of alkyl halides is 5. The van der Waals surface area contributed by atoms with Crippen LogP contribution < -0.4 is 0 Å². The van der Waals surface area contributed by atoms with E-state index in [0.717, 1.165) is 19.3 Å². The number of hydrogen-bond donors (Lipinski definition) is 0. The summed E-state index contributed by atoms with van der Waals surface area (Å²) in [7, 11) is 0. The molecule has 0 amide bonds. The Kier molecular flexibility index (Phi) is 4.32. The van der Waals surface area contributed by atoms with Gasteiger partial charge in [-0.3, -0.25) is 0 Å². The van der Waals surface area contributed by atoms with Crippen molar-refractivity contribution < 1.29 is 31.5 Å². The first kappa shape index (κ1) is 14.2. The summed E-state index contributed by atoms with van der Waals surface area (Å²) in [6.07, 6.45) is -1.70. The second-order valence-corrected chi connectivity index (χ2v) is 4.17. The van der Waals surface area contributed by atoms with E-state index in [9.17, 15) is 26.7 Å². The number of rotatable bonds is 3. The summed E-state index contributed by atoms with van der Waals surface area (Å²) in [6.45, 7) is -0.357. The molecule has 1 aliphatic rings. The number of halogens is 5. The molecule has 17 heavy (non-hydrogen) atoms. The molecule has 7 heteroatoms. The number of hydrogen-bond acceptors (Lipinski definition) is 2. The van der Waals surface area contributed by atoms with Crippen LogP contribution in [0.3, 0.4) is 0 Å². The van der Waals surface area contributed by atoms with Crippen molar-refractivity contribution >= 4 is 5.97 Å². The van der Waals surface area contributed by atoms with Crippen molar-refractivity contribution in [3.8, 4) is 0 Å². The molecule has 0 spiro atoms. The first-order chi connectivity index (χ1) is 7.75. The number of esters is 1. The second kappa shape index (κ2) is 5.18. The lowest BCUT2D eigenvalue weighted by Gasteiger charge is -2.23. The molecule has 1 rings (SSSR count). The third kappa shape index (κ3) is 3.54. The van der Waals surface area contributed by atoms with Crippen LogP contribution in [0.5, 0.6) is 0 Å². The molecule has 0 saturated heterocycles. The van der Waals surface area contributed by atoms with Gasteiger partial charge in [0.25, 0.3) is 0 Å². The largest absolute Gasteiger partial charge is 0.465 e. The molecule has 0 unspecified atom stereocenters. The maximum Gasteiger partial charge on any atom is 0.465 e. The van der Waals surface area contributed by atoms with Crippen LogP contribution >= 0.6 is 0 Å². The minimum absolute atomic E-state index is 0.100. The van der Waals surface area contributed by atoms with Crippen molar-refractivity contribution in [1.29, 1.82) is 0 Å². The van der Waals surface area contributed by atoms with Crippen LogP contribution in [0.15, 0.2) is 0 Å². The van der Waals surface area contributed by atoms with Crippen LogP contribution in [0.25, 0.3) is 0 Å². The Hall–Kier alpha value is -0.880. The molecule has 0 aromatic carbocycles. The standard InChI is InChI=1S/C10H13F5O2/c11-9(12,10(13,14)15)8(16)17-6-7-4-2-1-3-5-7/h7H,1-6H2. The van der Waals surface area contributed by atoms with E-state index in [1.165, 1.54) is 0 Å². The molecule has 0 aromatic heterocycles. The van der Waals surface area contributed by atoms with Crippen LogP contribution in [0.2, 0.25) is 0 Å². The summed E-state index contributed by atoms with van der Waals surface area (Å²) in [5.41, 5.74) is 0. The maximum atomic E-state index is 12.5. The molecule has 0 N–H and O–H groups in total. The molecule has 0 aromatic rings. The zero-order valence-corrected chi connectivity index (χ0v) is 9.03. The van der Waals surface area contributed by atoms with E-state index < -0.39 is 18.1 Å². The van der Waals surface area contributed by atoms with Crippen molar-refractivity contribution in [2.45, 2.75) is 44.2 Å². The Morgan fingerprint density at radius 3 is 2.06 bits per heavy atom. The highest BCUT2D eigenvalue weighted by Gasteiger charge is 2.64. The Morgan fingerprint density at radius 1 is 1.06 bits per heavy atom. The normalized spacial score (nSPS) is 19.1. The van der Waals surface area contributed by atoms with Gasteiger partial charge in [-0.25, -0.2) is 4.79 Å². The molecule has 1 saturated carbocycles. The first-order valence-electron chi connectivity index (χ1n) is 5.37. The average Bonchev–Trinajstić information content (AvgIpc) is 2.25.